The summed E-state index contributed by atoms with van der Waals surface area (Å²) in [4.78, 5) is 19.3. The molecule has 33 heavy (non-hydrogen) atoms. The predicted molar refractivity (Wildman–Crippen MR) is 133 cm³/mol. The molecule has 2 aliphatic heterocycles. The number of nitrogens with zero attached hydrogens (tertiary/aromatic N) is 2. The third kappa shape index (κ3) is 3.06. The van der Waals surface area contributed by atoms with Gasteiger partial charge in [0, 0.05) is 23.2 Å². The number of esters is 1. The molecule has 5 rings (SSSR count). The average Bonchev–Trinajstić information content (AvgIpc) is 2.98. The highest BCUT2D eigenvalue weighted by molar-refractivity contribution is 6.01. The van der Waals surface area contributed by atoms with E-state index in [1.807, 2.05) is 30.5 Å². The van der Waals surface area contributed by atoms with Crippen molar-refractivity contribution in [2.75, 3.05) is 11.4 Å². The van der Waals surface area contributed by atoms with Crippen LogP contribution in [0.5, 0.6) is 11.5 Å². The Hall–Kier alpha value is -3.60. The van der Waals surface area contributed by atoms with Gasteiger partial charge in [0.2, 0.25) is 5.72 Å². The van der Waals surface area contributed by atoms with Crippen molar-refractivity contribution in [1.82, 2.24) is 0 Å². The number of hydrogen-bond donors (Lipinski definition) is 0. The third-order valence-electron chi connectivity index (χ3n) is 6.73. The highest BCUT2D eigenvalue weighted by atomic mass is 16.5. The van der Waals surface area contributed by atoms with Crippen LogP contribution < -0.4 is 14.4 Å². The lowest BCUT2D eigenvalue weighted by Crippen LogP contribution is -2.62. The second-order valence-corrected chi connectivity index (χ2v) is 9.32. The molecule has 0 aliphatic carbocycles. The summed E-state index contributed by atoms with van der Waals surface area (Å²) in [5.74, 6) is 0.731. The summed E-state index contributed by atoms with van der Waals surface area (Å²) < 4.78 is 12.3. The molecule has 168 valence electrons. The molecule has 0 aromatic heterocycles. The van der Waals surface area contributed by atoms with Crippen LogP contribution in [0.4, 0.5) is 11.4 Å². The van der Waals surface area contributed by atoms with Crippen LogP contribution in [-0.4, -0.2) is 24.5 Å². The van der Waals surface area contributed by atoms with Gasteiger partial charge in [0.25, 0.3) is 0 Å². The van der Waals surface area contributed by atoms with Crippen molar-refractivity contribution in [3.63, 3.8) is 0 Å². The summed E-state index contributed by atoms with van der Waals surface area (Å²) in [5.41, 5.74) is 2.50. The van der Waals surface area contributed by atoms with Crippen LogP contribution in [0.15, 0.2) is 71.7 Å². The topological polar surface area (TPSA) is 51.1 Å². The summed E-state index contributed by atoms with van der Waals surface area (Å²) >= 11 is 0. The molecular formula is C28H28N2O3. The Labute approximate surface area is 194 Å². The zero-order chi connectivity index (χ0) is 23.4. The maximum Gasteiger partial charge on any atom is 0.338 e. The van der Waals surface area contributed by atoms with Crippen molar-refractivity contribution in [3.05, 3.63) is 72.3 Å². The minimum atomic E-state index is -0.725. The standard InChI is InChI=1S/C28H28N2O3/c1-6-15-30-23-10-8-7-9-22(23)27(4,5)28(30)17-29-25-21-16-20(32-26(31)18(2)3)13-11-19(21)12-14-24(25)33-28/h7-14,16-17H,2,6,15H2,1,3-5H3. The Balaban J connectivity index is 1.62. The lowest BCUT2D eigenvalue weighted by Gasteiger charge is -2.46. The van der Waals surface area contributed by atoms with Gasteiger partial charge in [0.05, 0.1) is 11.6 Å². The zero-order valence-electron chi connectivity index (χ0n) is 19.5. The van der Waals surface area contributed by atoms with Crippen LogP contribution in [0.25, 0.3) is 10.8 Å². The van der Waals surface area contributed by atoms with Crippen molar-refractivity contribution in [1.29, 1.82) is 0 Å². The number of carbonyl (C=O) groups excluding carboxylic acids is 1. The number of carbonyl (C=O) groups is 1. The van der Waals surface area contributed by atoms with E-state index >= 15 is 0 Å². The van der Waals surface area contributed by atoms with E-state index in [2.05, 4.69) is 56.5 Å². The Bertz CT molecular complexity index is 1320. The first-order valence-electron chi connectivity index (χ1n) is 11.3. The van der Waals surface area contributed by atoms with Crippen LogP contribution in [0, 0.1) is 0 Å². The summed E-state index contributed by atoms with van der Waals surface area (Å²) in [5, 5.41) is 1.88. The number of rotatable bonds is 4. The molecule has 3 aromatic rings. The third-order valence-corrected chi connectivity index (χ3v) is 6.73. The van der Waals surface area contributed by atoms with Crippen LogP contribution in [0.2, 0.25) is 0 Å². The van der Waals surface area contributed by atoms with Crippen molar-refractivity contribution in [2.45, 2.75) is 45.3 Å². The molecule has 0 amide bonds. The fourth-order valence-electron chi connectivity index (χ4n) is 4.95. The molecule has 5 nitrogen and oxygen atoms in total. The molecule has 5 heteroatoms. The molecule has 0 saturated heterocycles. The van der Waals surface area contributed by atoms with Gasteiger partial charge < -0.3 is 14.4 Å². The highest BCUT2D eigenvalue weighted by Crippen LogP contribution is 2.54. The second-order valence-electron chi connectivity index (χ2n) is 9.32. The van der Waals surface area contributed by atoms with Crippen molar-refractivity contribution < 1.29 is 14.3 Å². The monoisotopic (exact) mass is 440 g/mol. The van der Waals surface area contributed by atoms with E-state index in [4.69, 9.17) is 14.5 Å². The van der Waals surface area contributed by atoms with Crippen LogP contribution in [-0.2, 0) is 10.2 Å². The van der Waals surface area contributed by atoms with Gasteiger partial charge >= 0.3 is 5.97 Å². The fourth-order valence-corrected chi connectivity index (χ4v) is 4.95. The minimum Gasteiger partial charge on any atom is -0.459 e. The van der Waals surface area contributed by atoms with Gasteiger partial charge in [-0.05, 0) is 62.4 Å². The van der Waals surface area contributed by atoms with Gasteiger partial charge in [-0.2, -0.15) is 0 Å². The molecule has 1 atom stereocenters. The quantitative estimate of drug-likeness (QED) is 0.271. The molecule has 2 heterocycles. The van der Waals surface area contributed by atoms with Gasteiger partial charge in [-0.3, -0.25) is 4.99 Å². The van der Waals surface area contributed by atoms with Crippen LogP contribution >= 0.6 is 0 Å². The Kier molecular flexibility index (Phi) is 4.82. The molecule has 0 bridgehead atoms. The van der Waals surface area contributed by atoms with E-state index in [-0.39, 0.29) is 5.41 Å². The van der Waals surface area contributed by atoms with E-state index < -0.39 is 11.7 Å². The van der Waals surface area contributed by atoms with Gasteiger partial charge in [-0.25, -0.2) is 4.79 Å². The van der Waals surface area contributed by atoms with Gasteiger partial charge in [-0.15, -0.1) is 0 Å². The maximum absolute atomic E-state index is 12.0. The van der Waals surface area contributed by atoms with E-state index in [9.17, 15) is 4.79 Å². The fraction of sp³-hybridized carbons (Fsp3) is 0.286. The molecule has 0 radical (unpaired) electrons. The average molecular weight is 441 g/mol. The van der Waals surface area contributed by atoms with Crippen LogP contribution in [0.1, 0.15) is 39.7 Å². The summed E-state index contributed by atoms with van der Waals surface area (Å²) in [7, 11) is 0. The van der Waals surface area contributed by atoms with Crippen molar-refractivity contribution in [2.24, 2.45) is 4.99 Å². The SMILES string of the molecule is C=C(C)C(=O)Oc1ccc2ccc3c(c2c1)N=CC1(O3)N(CCC)c2ccccc2C1(C)C. The molecule has 0 N–H and O–H groups in total. The maximum atomic E-state index is 12.0. The number of benzene rings is 3. The Morgan fingerprint density at radius 3 is 2.67 bits per heavy atom. The number of hydrogen-bond acceptors (Lipinski definition) is 5. The van der Waals surface area contributed by atoms with Crippen molar-refractivity contribution in [3.8, 4) is 11.5 Å². The molecule has 0 saturated carbocycles. The number of aliphatic imine (C=N–C) groups is 1. The van der Waals surface area contributed by atoms with E-state index in [0.29, 0.717) is 11.3 Å². The van der Waals surface area contributed by atoms with Crippen LogP contribution in [0.3, 0.4) is 0 Å². The normalized spacial score (nSPS) is 19.8. The van der Waals surface area contributed by atoms with E-state index in [1.165, 1.54) is 11.3 Å². The molecule has 1 unspecified atom stereocenters. The van der Waals surface area contributed by atoms with Gasteiger partial charge in [-0.1, -0.05) is 43.8 Å². The molecule has 2 aliphatic rings. The number of fused-ring (bicyclic) bond motifs is 4. The largest absolute Gasteiger partial charge is 0.459 e. The van der Waals surface area contributed by atoms with Crippen molar-refractivity contribution >= 4 is 34.3 Å². The minimum absolute atomic E-state index is 0.312. The predicted octanol–water partition coefficient (Wildman–Crippen LogP) is 6.32. The molecule has 0 fully saturated rings. The second kappa shape index (κ2) is 7.48. The number of para-hydroxylation sites is 1. The first-order chi connectivity index (χ1) is 15.8. The van der Waals surface area contributed by atoms with Gasteiger partial charge in [0.1, 0.15) is 17.2 Å². The molecule has 1 spiro atoms. The smallest absolute Gasteiger partial charge is 0.338 e. The summed E-state index contributed by atoms with van der Waals surface area (Å²) in [6.45, 7) is 12.8. The van der Waals surface area contributed by atoms with Gasteiger partial charge in [0.15, 0.2) is 0 Å². The number of anilines is 1. The Morgan fingerprint density at radius 2 is 1.91 bits per heavy atom. The lowest BCUT2D eigenvalue weighted by atomic mass is 9.77. The zero-order valence-corrected chi connectivity index (χ0v) is 19.5. The van der Waals surface area contributed by atoms with E-state index in [1.54, 1.807) is 13.0 Å². The summed E-state index contributed by atoms with van der Waals surface area (Å²) in [6.07, 6.45) is 2.95. The number of ether oxygens (including phenoxy) is 2. The molecule has 3 aromatic carbocycles. The first kappa shape index (κ1) is 21.3. The first-order valence-corrected chi connectivity index (χ1v) is 11.3. The summed E-state index contributed by atoms with van der Waals surface area (Å²) in [6, 6.07) is 18.1. The molecular weight excluding hydrogens is 412 g/mol. The Morgan fingerprint density at radius 1 is 1.15 bits per heavy atom. The lowest BCUT2D eigenvalue weighted by molar-refractivity contribution is -0.130. The van der Waals surface area contributed by atoms with E-state index in [0.717, 1.165) is 35.2 Å². The highest BCUT2D eigenvalue weighted by Gasteiger charge is 2.59.